The minimum absolute atomic E-state index is 0.270. The number of aromatic nitrogens is 3. The molecule has 1 aliphatic heterocycles. The Balaban J connectivity index is 1.20. The van der Waals surface area contributed by atoms with Gasteiger partial charge in [-0.2, -0.15) is 0 Å². The van der Waals surface area contributed by atoms with Crippen LogP contribution in [0.2, 0.25) is 0 Å². The number of ether oxygens (including phenoxy) is 2. The Morgan fingerprint density at radius 3 is 2.74 bits per heavy atom. The largest absolute Gasteiger partial charge is 0.464 e. The number of carbonyl (C=O) groups excluding carboxylic acids is 1. The first-order valence-corrected chi connectivity index (χ1v) is 11.2. The van der Waals surface area contributed by atoms with Gasteiger partial charge in [-0.1, -0.05) is 29.4 Å². The molecule has 9 heteroatoms. The molecule has 1 saturated heterocycles. The van der Waals surface area contributed by atoms with Crippen LogP contribution in [-0.2, 0) is 11.3 Å². The fourth-order valence-corrected chi connectivity index (χ4v) is 4.12. The van der Waals surface area contributed by atoms with E-state index < -0.39 is 0 Å². The molecule has 0 unspecified atom stereocenters. The van der Waals surface area contributed by atoms with Gasteiger partial charge in [-0.05, 0) is 53.4 Å². The molecule has 0 spiro atoms. The van der Waals surface area contributed by atoms with Crippen LogP contribution >= 0.6 is 11.3 Å². The number of benzene rings is 1. The standard InChI is InChI=1S/C22H23N5O3S/c28-20(18-2-1-9-23-19(18)27-10-12-29-13-11-27)24-21-25-26-22(31-21)30-14-15-3-5-16(6-4-15)17-7-8-17/h1-6,9,17H,7-8,10-14H2,(H,24,25,28). The number of carbonyl (C=O) groups is 1. The van der Waals surface area contributed by atoms with Gasteiger partial charge < -0.3 is 14.4 Å². The highest BCUT2D eigenvalue weighted by atomic mass is 32.1. The monoisotopic (exact) mass is 437 g/mol. The minimum Gasteiger partial charge on any atom is -0.464 e. The Kier molecular flexibility index (Phi) is 5.77. The molecule has 0 bridgehead atoms. The van der Waals surface area contributed by atoms with E-state index in [0.29, 0.717) is 54.6 Å². The van der Waals surface area contributed by atoms with Crippen molar-refractivity contribution in [3.05, 3.63) is 59.3 Å². The molecule has 2 aromatic heterocycles. The molecule has 2 aliphatic rings. The molecular formula is C22H23N5O3S. The van der Waals surface area contributed by atoms with Crippen molar-refractivity contribution in [1.82, 2.24) is 15.2 Å². The molecule has 160 valence electrons. The van der Waals surface area contributed by atoms with Gasteiger partial charge in [0, 0.05) is 19.3 Å². The van der Waals surface area contributed by atoms with Gasteiger partial charge in [0.1, 0.15) is 12.4 Å². The molecule has 1 saturated carbocycles. The minimum atomic E-state index is -0.270. The van der Waals surface area contributed by atoms with Crippen molar-refractivity contribution in [2.45, 2.75) is 25.4 Å². The van der Waals surface area contributed by atoms with E-state index in [0.717, 1.165) is 11.5 Å². The third-order valence-electron chi connectivity index (χ3n) is 5.36. The summed E-state index contributed by atoms with van der Waals surface area (Å²) < 4.78 is 11.1. The number of hydrogen-bond acceptors (Lipinski definition) is 8. The molecule has 8 nitrogen and oxygen atoms in total. The molecule has 0 radical (unpaired) electrons. The molecule has 2 fully saturated rings. The second-order valence-corrected chi connectivity index (χ2v) is 8.55. The third kappa shape index (κ3) is 4.83. The number of hydrogen-bond donors (Lipinski definition) is 1. The van der Waals surface area contributed by atoms with E-state index in [1.807, 2.05) is 0 Å². The van der Waals surface area contributed by atoms with Gasteiger partial charge in [0.2, 0.25) is 5.13 Å². The van der Waals surface area contributed by atoms with Crippen LogP contribution in [0.25, 0.3) is 0 Å². The number of pyridine rings is 1. The zero-order chi connectivity index (χ0) is 21.0. The highest BCUT2D eigenvalue weighted by molar-refractivity contribution is 7.17. The summed E-state index contributed by atoms with van der Waals surface area (Å²) in [5.74, 6) is 1.12. The van der Waals surface area contributed by atoms with Crippen LogP contribution in [-0.4, -0.2) is 47.4 Å². The van der Waals surface area contributed by atoms with Crippen molar-refractivity contribution in [3.8, 4) is 5.19 Å². The van der Waals surface area contributed by atoms with E-state index in [1.54, 1.807) is 18.3 Å². The summed E-state index contributed by atoms with van der Waals surface area (Å²) in [7, 11) is 0. The van der Waals surface area contributed by atoms with Crippen molar-refractivity contribution in [2.24, 2.45) is 0 Å². The molecule has 0 atom stereocenters. The fraction of sp³-hybridized carbons (Fsp3) is 0.364. The second-order valence-electron chi connectivity index (χ2n) is 7.61. The summed E-state index contributed by atoms with van der Waals surface area (Å²) in [5, 5.41) is 11.7. The smallest absolute Gasteiger partial charge is 0.296 e. The Hall–Kier alpha value is -3.04. The molecule has 3 aromatic rings. The van der Waals surface area contributed by atoms with Crippen LogP contribution in [0, 0.1) is 0 Å². The maximum atomic E-state index is 12.8. The van der Waals surface area contributed by atoms with Crippen molar-refractivity contribution >= 4 is 28.2 Å². The molecule has 1 amide bonds. The normalized spacial score (nSPS) is 16.2. The number of morpholine rings is 1. The summed E-state index contributed by atoms with van der Waals surface area (Å²) in [6.07, 6.45) is 4.28. The van der Waals surface area contributed by atoms with Gasteiger partial charge in [0.25, 0.3) is 11.1 Å². The van der Waals surface area contributed by atoms with Gasteiger partial charge in [0.15, 0.2) is 0 Å². The number of anilines is 2. The van der Waals surface area contributed by atoms with Crippen molar-refractivity contribution in [1.29, 1.82) is 0 Å². The van der Waals surface area contributed by atoms with Gasteiger partial charge in [-0.3, -0.25) is 10.1 Å². The van der Waals surface area contributed by atoms with E-state index in [4.69, 9.17) is 9.47 Å². The molecule has 1 aliphatic carbocycles. The van der Waals surface area contributed by atoms with Gasteiger partial charge in [-0.25, -0.2) is 4.98 Å². The number of rotatable bonds is 7. The first-order chi connectivity index (χ1) is 15.3. The molecular weight excluding hydrogens is 414 g/mol. The van der Waals surface area contributed by atoms with Gasteiger partial charge in [-0.15, -0.1) is 5.10 Å². The predicted octanol–water partition coefficient (Wildman–Crippen LogP) is 3.48. The Bertz CT molecular complexity index is 1050. The van der Waals surface area contributed by atoms with Gasteiger partial charge in [0.05, 0.1) is 18.8 Å². The van der Waals surface area contributed by atoms with Crippen molar-refractivity contribution in [3.63, 3.8) is 0 Å². The SMILES string of the molecule is O=C(Nc1nnc(OCc2ccc(C3CC3)cc2)s1)c1cccnc1N1CCOCC1. The number of nitrogens with one attached hydrogen (secondary N) is 1. The quantitative estimate of drug-likeness (QED) is 0.605. The summed E-state index contributed by atoms with van der Waals surface area (Å²) in [6.45, 7) is 3.07. The average Bonchev–Trinajstić information content (AvgIpc) is 3.58. The van der Waals surface area contributed by atoms with E-state index in [2.05, 4.69) is 49.7 Å². The molecule has 31 heavy (non-hydrogen) atoms. The molecule has 1 N–H and O–H groups in total. The second kappa shape index (κ2) is 8.99. The maximum absolute atomic E-state index is 12.8. The fourth-order valence-electron chi connectivity index (χ4n) is 3.53. The lowest BCUT2D eigenvalue weighted by Gasteiger charge is -2.28. The number of nitrogens with zero attached hydrogens (tertiary/aromatic N) is 4. The number of amides is 1. The average molecular weight is 438 g/mol. The Labute approximate surface area is 184 Å². The van der Waals surface area contributed by atoms with Crippen molar-refractivity contribution in [2.75, 3.05) is 36.5 Å². The highest BCUT2D eigenvalue weighted by Gasteiger charge is 2.23. The molecule has 3 heterocycles. The summed E-state index contributed by atoms with van der Waals surface area (Å²) in [6, 6.07) is 12.0. The van der Waals surface area contributed by atoms with Crippen LogP contribution in [0.1, 0.15) is 40.2 Å². The van der Waals surface area contributed by atoms with Crippen LogP contribution in [0.3, 0.4) is 0 Å². The first-order valence-electron chi connectivity index (χ1n) is 10.4. The highest BCUT2D eigenvalue weighted by Crippen LogP contribution is 2.40. The lowest BCUT2D eigenvalue weighted by molar-refractivity contribution is 0.102. The van der Waals surface area contributed by atoms with E-state index in [9.17, 15) is 4.79 Å². The zero-order valence-electron chi connectivity index (χ0n) is 17.0. The Morgan fingerprint density at radius 2 is 1.97 bits per heavy atom. The third-order valence-corrected chi connectivity index (χ3v) is 6.11. The Morgan fingerprint density at radius 1 is 1.16 bits per heavy atom. The molecule has 1 aromatic carbocycles. The van der Waals surface area contributed by atoms with Crippen LogP contribution in [0.15, 0.2) is 42.6 Å². The predicted molar refractivity (Wildman–Crippen MR) is 118 cm³/mol. The lowest BCUT2D eigenvalue weighted by Crippen LogP contribution is -2.38. The van der Waals surface area contributed by atoms with E-state index in [-0.39, 0.29) is 5.91 Å². The maximum Gasteiger partial charge on any atom is 0.296 e. The lowest BCUT2D eigenvalue weighted by atomic mass is 10.1. The topological polar surface area (TPSA) is 89.5 Å². The van der Waals surface area contributed by atoms with Crippen molar-refractivity contribution < 1.29 is 14.3 Å². The van der Waals surface area contributed by atoms with Gasteiger partial charge >= 0.3 is 0 Å². The zero-order valence-corrected chi connectivity index (χ0v) is 17.8. The van der Waals surface area contributed by atoms with E-state index in [1.165, 1.54) is 29.7 Å². The van der Waals surface area contributed by atoms with Crippen LogP contribution < -0.4 is 15.0 Å². The summed E-state index contributed by atoms with van der Waals surface area (Å²) in [4.78, 5) is 19.3. The van der Waals surface area contributed by atoms with E-state index >= 15 is 0 Å². The first kappa shape index (κ1) is 19.9. The summed E-state index contributed by atoms with van der Waals surface area (Å²) >= 11 is 1.20. The van der Waals surface area contributed by atoms with Crippen LogP contribution in [0.5, 0.6) is 5.19 Å². The summed E-state index contributed by atoms with van der Waals surface area (Å²) in [5.41, 5.74) is 2.98. The molecule has 5 rings (SSSR count). The van der Waals surface area contributed by atoms with Crippen LogP contribution in [0.4, 0.5) is 10.9 Å².